The van der Waals surface area contributed by atoms with Crippen molar-refractivity contribution in [3.05, 3.63) is 17.9 Å². The molecule has 0 radical (unpaired) electrons. The smallest absolute Gasteiger partial charge is 0.387 e. The molecule has 4 N–H and O–H groups in total. The Hall–Kier alpha value is -2.12. The highest BCUT2D eigenvalue weighted by Crippen LogP contribution is 2.35. The second-order valence-electron chi connectivity index (χ2n) is 4.83. The normalized spacial score (nSPS) is 18.9. The van der Waals surface area contributed by atoms with Gasteiger partial charge >= 0.3 is 6.61 Å². The summed E-state index contributed by atoms with van der Waals surface area (Å²) in [5.41, 5.74) is 11.4. The lowest BCUT2D eigenvalue weighted by Gasteiger charge is -2.36. The average molecular weight is 303 g/mol. The zero-order valence-corrected chi connectivity index (χ0v) is 11.2. The molecule has 1 atom stereocenters. The second-order valence-corrected chi connectivity index (χ2v) is 4.83. The van der Waals surface area contributed by atoms with Crippen LogP contribution in [0.5, 0.6) is 5.75 Å². The van der Waals surface area contributed by atoms with Crippen LogP contribution in [-0.4, -0.2) is 25.1 Å². The van der Waals surface area contributed by atoms with Crippen LogP contribution in [0.4, 0.5) is 24.5 Å². The van der Waals surface area contributed by atoms with Gasteiger partial charge in [0.25, 0.3) is 0 Å². The van der Waals surface area contributed by atoms with Crippen molar-refractivity contribution in [2.24, 2.45) is 5.73 Å². The summed E-state index contributed by atoms with van der Waals surface area (Å²) >= 11 is 0. The molecule has 2 rings (SSSR count). The fourth-order valence-corrected chi connectivity index (χ4v) is 2.51. The Morgan fingerprint density at radius 1 is 1.38 bits per heavy atom. The molecule has 5 nitrogen and oxygen atoms in total. The number of nitrogens with two attached hydrogens (primary N) is 2. The number of amides is 1. The van der Waals surface area contributed by atoms with Gasteiger partial charge in [0.15, 0.2) is 11.6 Å². The van der Waals surface area contributed by atoms with Gasteiger partial charge in [-0.1, -0.05) is 0 Å². The standard InChI is InChI=1S/C13H16F3N3O2/c14-7-5-8(17)10(6-11(7)21-13(15)16)19-4-2-1-3-9(19)12(18)20/h5-6,9,13H,1-4,17H2,(H2,18,20). The minimum Gasteiger partial charge on any atom is -0.432 e. The topological polar surface area (TPSA) is 81.6 Å². The van der Waals surface area contributed by atoms with Crippen molar-refractivity contribution >= 4 is 17.3 Å². The Kier molecular flexibility index (Phi) is 4.44. The number of benzene rings is 1. The Labute approximate surface area is 119 Å². The minimum atomic E-state index is -3.15. The Morgan fingerprint density at radius 3 is 2.71 bits per heavy atom. The van der Waals surface area contributed by atoms with Crippen LogP contribution < -0.4 is 21.1 Å². The summed E-state index contributed by atoms with van der Waals surface area (Å²) < 4.78 is 42.2. The Bertz CT molecular complexity index is 540. The van der Waals surface area contributed by atoms with Gasteiger partial charge < -0.3 is 21.1 Å². The number of rotatable bonds is 4. The lowest BCUT2D eigenvalue weighted by atomic mass is 10.00. The van der Waals surface area contributed by atoms with E-state index in [-0.39, 0.29) is 11.4 Å². The number of nitrogen functional groups attached to an aromatic ring is 1. The van der Waals surface area contributed by atoms with Crippen LogP contribution in [-0.2, 0) is 4.79 Å². The van der Waals surface area contributed by atoms with Crippen molar-refractivity contribution < 1.29 is 22.7 Å². The number of hydrogen-bond donors (Lipinski definition) is 2. The summed E-state index contributed by atoms with van der Waals surface area (Å²) in [6.07, 6.45) is 2.16. The predicted octanol–water partition coefficient (Wildman–Crippen LogP) is 1.85. The van der Waals surface area contributed by atoms with E-state index in [2.05, 4.69) is 4.74 Å². The molecule has 1 amide bonds. The van der Waals surface area contributed by atoms with E-state index in [1.54, 1.807) is 4.90 Å². The number of carbonyl (C=O) groups is 1. The van der Waals surface area contributed by atoms with Gasteiger partial charge in [0, 0.05) is 18.7 Å². The van der Waals surface area contributed by atoms with Gasteiger partial charge in [-0.3, -0.25) is 4.79 Å². The molecule has 8 heteroatoms. The highest BCUT2D eigenvalue weighted by Gasteiger charge is 2.29. The molecule has 0 aromatic heterocycles. The van der Waals surface area contributed by atoms with Crippen molar-refractivity contribution in [3.63, 3.8) is 0 Å². The van der Waals surface area contributed by atoms with Crippen molar-refractivity contribution in [3.8, 4) is 5.75 Å². The zero-order chi connectivity index (χ0) is 15.6. The Balaban J connectivity index is 2.39. The summed E-state index contributed by atoms with van der Waals surface area (Å²) in [6, 6.07) is 1.39. The van der Waals surface area contributed by atoms with Crippen LogP contribution >= 0.6 is 0 Å². The van der Waals surface area contributed by atoms with E-state index >= 15 is 0 Å². The molecule has 1 heterocycles. The van der Waals surface area contributed by atoms with E-state index < -0.39 is 30.1 Å². The molecule has 0 bridgehead atoms. The zero-order valence-electron chi connectivity index (χ0n) is 11.2. The molecule has 1 unspecified atom stereocenters. The molecule has 1 aromatic carbocycles. The van der Waals surface area contributed by atoms with Gasteiger partial charge in [-0.2, -0.15) is 8.78 Å². The second kappa shape index (κ2) is 6.11. The number of halogens is 3. The summed E-state index contributed by atoms with van der Waals surface area (Å²) in [5.74, 6) is -2.12. The molecule has 0 spiro atoms. The highest BCUT2D eigenvalue weighted by atomic mass is 19.3. The number of nitrogens with zero attached hydrogens (tertiary/aromatic N) is 1. The third-order valence-electron chi connectivity index (χ3n) is 3.44. The van der Waals surface area contributed by atoms with E-state index in [0.29, 0.717) is 13.0 Å². The van der Waals surface area contributed by atoms with E-state index in [4.69, 9.17) is 11.5 Å². The molecule has 1 aromatic rings. The van der Waals surface area contributed by atoms with Gasteiger partial charge in [-0.25, -0.2) is 4.39 Å². The van der Waals surface area contributed by atoms with Gasteiger partial charge in [-0.15, -0.1) is 0 Å². The average Bonchev–Trinajstić information content (AvgIpc) is 2.41. The highest BCUT2D eigenvalue weighted by molar-refractivity contribution is 5.86. The molecule has 1 aliphatic rings. The molecular formula is C13H16F3N3O2. The van der Waals surface area contributed by atoms with E-state index in [0.717, 1.165) is 25.0 Å². The number of hydrogen-bond acceptors (Lipinski definition) is 4. The molecule has 116 valence electrons. The summed E-state index contributed by atoms with van der Waals surface area (Å²) in [5, 5.41) is 0. The molecule has 0 saturated carbocycles. The van der Waals surface area contributed by atoms with Gasteiger partial charge in [0.05, 0.1) is 11.4 Å². The number of carbonyl (C=O) groups excluding carboxylic acids is 1. The summed E-state index contributed by atoms with van der Waals surface area (Å²) in [4.78, 5) is 13.1. The van der Waals surface area contributed by atoms with Crippen LogP contribution in [0.2, 0.25) is 0 Å². The maximum Gasteiger partial charge on any atom is 0.387 e. The SMILES string of the molecule is NC(=O)C1CCCCN1c1cc(OC(F)F)c(F)cc1N. The number of alkyl halides is 2. The third kappa shape index (κ3) is 3.32. The predicted molar refractivity (Wildman–Crippen MR) is 71.6 cm³/mol. The first kappa shape index (κ1) is 15.3. The largest absolute Gasteiger partial charge is 0.432 e. The maximum atomic E-state index is 13.6. The first-order valence-corrected chi connectivity index (χ1v) is 6.50. The molecular weight excluding hydrogens is 287 g/mol. The number of primary amides is 1. The van der Waals surface area contributed by atoms with E-state index in [1.807, 2.05) is 0 Å². The number of ether oxygens (including phenoxy) is 1. The van der Waals surface area contributed by atoms with Crippen molar-refractivity contribution in [2.45, 2.75) is 31.9 Å². The van der Waals surface area contributed by atoms with Crippen LogP contribution in [0.3, 0.4) is 0 Å². The van der Waals surface area contributed by atoms with Crippen LogP contribution in [0.25, 0.3) is 0 Å². The first-order valence-electron chi connectivity index (χ1n) is 6.50. The quantitative estimate of drug-likeness (QED) is 0.832. The summed E-state index contributed by atoms with van der Waals surface area (Å²) in [6.45, 7) is -2.67. The lowest BCUT2D eigenvalue weighted by Crippen LogP contribution is -2.48. The van der Waals surface area contributed by atoms with Gasteiger partial charge in [0.2, 0.25) is 5.91 Å². The van der Waals surface area contributed by atoms with Gasteiger partial charge in [0.1, 0.15) is 6.04 Å². The monoisotopic (exact) mass is 303 g/mol. The fraction of sp³-hybridized carbons (Fsp3) is 0.462. The van der Waals surface area contributed by atoms with Crippen LogP contribution in [0, 0.1) is 5.82 Å². The Morgan fingerprint density at radius 2 is 2.10 bits per heavy atom. The fourth-order valence-electron chi connectivity index (χ4n) is 2.51. The third-order valence-corrected chi connectivity index (χ3v) is 3.44. The molecule has 21 heavy (non-hydrogen) atoms. The number of piperidine rings is 1. The van der Waals surface area contributed by atoms with Gasteiger partial charge in [-0.05, 0) is 19.3 Å². The van der Waals surface area contributed by atoms with Crippen molar-refractivity contribution in [1.82, 2.24) is 0 Å². The first-order chi connectivity index (χ1) is 9.90. The molecule has 1 fully saturated rings. The minimum absolute atomic E-state index is 0.0438. The van der Waals surface area contributed by atoms with Crippen molar-refractivity contribution in [2.75, 3.05) is 17.2 Å². The summed E-state index contributed by atoms with van der Waals surface area (Å²) in [7, 11) is 0. The maximum absolute atomic E-state index is 13.6. The van der Waals surface area contributed by atoms with E-state index in [1.165, 1.54) is 0 Å². The lowest BCUT2D eigenvalue weighted by molar-refractivity contribution is -0.119. The number of anilines is 2. The molecule has 0 aliphatic carbocycles. The molecule has 1 aliphatic heterocycles. The molecule has 1 saturated heterocycles. The van der Waals surface area contributed by atoms with Crippen molar-refractivity contribution in [1.29, 1.82) is 0 Å². The van der Waals surface area contributed by atoms with Crippen LogP contribution in [0.15, 0.2) is 12.1 Å². The van der Waals surface area contributed by atoms with Crippen LogP contribution in [0.1, 0.15) is 19.3 Å². The van der Waals surface area contributed by atoms with E-state index in [9.17, 15) is 18.0 Å².